The number of nitrogens with one attached hydrogen (secondary N) is 2. The molecule has 7 heteroatoms. The number of nitrogens with zero attached hydrogens (tertiary/aromatic N) is 1. The van der Waals surface area contributed by atoms with Gasteiger partial charge in [0.1, 0.15) is 0 Å². The summed E-state index contributed by atoms with van der Waals surface area (Å²) in [5.41, 5.74) is 15.9. The molecule has 7 rings (SSSR count). The fourth-order valence-electron chi connectivity index (χ4n) is 8.41. The second-order valence-electron chi connectivity index (χ2n) is 15.8. The molecule has 0 radical (unpaired) electrons. The third-order valence-corrected chi connectivity index (χ3v) is 12.4. The molecule has 0 fully saturated rings. The minimum absolute atomic E-state index is 0.0145. The Bertz CT molecular complexity index is 2320. The van der Waals surface area contributed by atoms with Crippen molar-refractivity contribution in [2.45, 2.75) is 78.3 Å². The van der Waals surface area contributed by atoms with Crippen LogP contribution in [-0.4, -0.2) is 4.98 Å². The standard InChI is InChI=1S/C53H51Cl4N3/c1-7-36-28-32(3)29-37(8-2)52(36)58-34(5)48-10-9-11-49(60-48)35(6)59-53-46(50(38-12-20-42(54)21-13-38)39-14-22-43(55)23-15-39)30-33(4)31-47(53)51(40-16-24-44(56)25-17-40)41-18-26-45(57)27-19-41/h9-31,34-35,50-51,58-59H,7-8H2,1-6H3. The molecule has 0 aliphatic heterocycles. The van der Waals surface area contributed by atoms with Crippen molar-refractivity contribution in [3.8, 4) is 0 Å². The van der Waals surface area contributed by atoms with E-state index in [0.717, 1.165) is 68.9 Å². The molecule has 2 N–H and O–H groups in total. The van der Waals surface area contributed by atoms with Gasteiger partial charge in [-0.05, 0) is 146 Å². The van der Waals surface area contributed by atoms with E-state index in [1.807, 2.05) is 48.5 Å². The van der Waals surface area contributed by atoms with Gasteiger partial charge in [-0.1, -0.05) is 150 Å². The number of rotatable bonds is 14. The van der Waals surface area contributed by atoms with E-state index < -0.39 is 0 Å². The maximum Gasteiger partial charge on any atom is 0.0657 e. The normalized spacial score (nSPS) is 12.5. The van der Waals surface area contributed by atoms with Gasteiger partial charge in [-0.25, -0.2) is 0 Å². The zero-order valence-corrected chi connectivity index (χ0v) is 38.0. The monoisotopic (exact) mass is 869 g/mol. The number of hydrogen-bond acceptors (Lipinski definition) is 3. The Morgan fingerprint density at radius 1 is 0.450 bits per heavy atom. The van der Waals surface area contributed by atoms with Crippen LogP contribution in [0.4, 0.5) is 11.4 Å². The van der Waals surface area contributed by atoms with Crippen LogP contribution < -0.4 is 10.6 Å². The molecule has 0 saturated heterocycles. The first-order chi connectivity index (χ1) is 28.9. The molecule has 3 nitrogen and oxygen atoms in total. The molecule has 1 aromatic heterocycles. The van der Waals surface area contributed by atoms with Crippen molar-refractivity contribution in [1.82, 2.24) is 4.98 Å². The van der Waals surface area contributed by atoms with Crippen LogP contribution in [0.25, 0.3) is 0 Å². The van der Waals surface area contributed by atoms with E-state index in [9.17, 15) is 0 Å². The van der Waals surface area contributed by atoms with Crippen LogP contribution in [-0.2, 0) is 12.8 Å². The Morgan fingerprint density at radius 3 is 1.10 bits per heavy atom. The Hall–Kier alpha value is -4.77. The highest BCUT2D eigenvalue weighted by Gasteiger charge is 2.29. The highest BCUT2D eigenvalue weighted by atomic mass is 35.5. The first-order valence-electron chi connectivity index (χ1n) is 20.7. The molecule has 0 saturated carbocycles. The second-order valence-corrected chi connectivity index (χ2v) is 17.5. The van der Waals surface area contributed by atoms with Gasteiger partial charge >= 0.3 is 0 Å². The lowest BCUT2D eigenvalue weighted by molar-refractivity contribution is 0.773. The SMILES string of the molecule is CCc1cc(C)cc(CC)c1NC(C)c1cccc(C(C)Nc2c(C(c3ccc(Cl)cc3)c3ccc(Cl)cc3)cc(C)cc2C(c2ccc(Cl)cc2)c2ccc(Cl)cc2)n1. The van der Waals surface area contributed by atoms with E-state index in [-0.39, 0.29) is 23.9 Å². The second kappa shape index (κ2) is 19.3. The lowest BCUT2D eigenvalue weighted by Crippen LogP contribution is -2.18. The van der Waals surface area contributed by atoms with Crippen molar-refractivity contribution in [3.63, 3.8) is 0 Å². The smallest absolute Gasteiger partial charge is 0.0657 e. The van der Waals surface area contributed by atoms with Gasteiger partial charge in [-0.3, -0.25) is 4.98 Å². The third kappa shape index (κ3) is 9.88. The summed E-state index contributed by atoms with van der Waals surface area (Å²) in [6, 6.07) is 48.0. The molecular weight excluding hydrogens is 820 g/mol. The fourth-order valence-corrected chi connectivity index (χ4v) is 8.91. The first kappa shape index (κ1) is 43.3. The summed E-state index contributed by atoms with van der Waals surface area (Å²) in [7, 11) is 0. The number of anilines is 2. The van der Waals surface area contributed by atoms with Crippen LogP contribution in [0.2, 0.25) is 20.1 Å². The van der Waals surface area contributed by atoms with E-state index in [1.165, 1.54) is 22.4 Å². The quantitative estimate of drug-likeness (QED) is 0.107. The van der Waals surface area contributed by atoms with Gasteiger partial charge in [-0.15, -0.1) is 0 Å². The number of halogens is 4. The van der Waals surface area contributed by atoms with E-state index in [0.29, 0.717) is 20.1 Å². The van der Waals surface area contributed by atoms with Crippen LogP contribution in [0.1, 0.15) is 119 Å². The largest absolute Gasteiger partial charge is 0.377 e. The first-order valence-corrected chi connectivity index (χ1v) is 22.2. The molecule has 0 spiro atoms. The molecule has 60 heavy (non-hydrogen) atoms. The maximum absolute atomic E-state index is 6.50. The molecule has 0 bridgehead atoms. The molecule has 306 valence electrons. The summed E-state index contributed by atoms with van der Waals surface area (Å²) in [6.45, 7) is 13.2. The van der Waals surface area contributed by atoms with Crippen molar-refractivity contribution in [1.29, 1.82) is 0 Å². The van der Waals surface area contributed by atoms with Crippen LogP contribution in [0.3, 0.4) is 0 Å². The zero-order chi connectivity index (χ0) is 42.5. The number of aromatic nitrogens is 1. The molecule has 0 aliphatic carbocycles. The summed E-state index contributed by atoms with van der Waals surface area (Å²) in [4.78, 5) is 5.35. The Balaban J connectivity index is 1.40. The minimum Gasteiger partial charge on any atom is -0.377 e. The molecule has 0 aliphatic rings. The molecule has 6 aromatic carbocycles. The zero-order valence-electron chi connectivity index (χ0n) is 35.0. The van der Waals surface area contributed by atoms with E-state index in [4.69, 9.17) is 51.4 Å². The van der Waals surface area contributed by atoms with Crippen molar-refractivity contribution >= 4 is 57.8 Å². The number of hydrogen-bond donors (Lipinski definition) is 2. The lowest BCUT2D eigenvalue weighted by atomic mass is 9.78. The summed E-state index contributed by atoms with van der Waals surface area (Å²) in [5.74, 6) is -0.329. The summed E-state index contributed by atoms with van der Waals surface area (Å²) in [5, 5.41) is 10.7. The van der Waals surface area contributed by atoms with Gasteiger partial charge in [0.2, 0.25) is 0 Å². The minimum atomic E-state index is -0.179. The van der Waals surface area contributed by atoms with Gasteiger partial charge < -0.3 is 10.6 Å². The van der Waals surface area contributed by atoms with E-state index in [2.05, 4.69) is 143 Å². The van der Waals surface area contributed by atoms with Crippen molar-refractivity contribution in [3.05, 3.63) is 227 Å². The molecular formula is C53H51Cl4N3. The average Bonchev–Trinajstić information content (AvgIpc) is 3.25. The van der Waals surface area contributed by atoms with Gasteiger partial charge in [0, 0.05) is 43.3 Å². The molecule has 1 heterocycles. The predicted molar refractivity (Wildman–Crippen MR) is 257 cm³/mol. The number of benzene rings is 6. The van der Waals surface area contributed by atoms with Crippen molar-refractivity contribution < 1.29 is 0 Å². The van der Waals surface area contributed by atoms with Crippen LogP contribution >= 0.6 is 46.4 Å². The lowest BCUT2D eigenvalue weighted by Gasteiger charge is -2.31. The van der Waals surface area contributed by atoms with Gasteiger partial charge in [0.15, 0.2) is 0 Å². The predicted octanol–water partition coefficient (Wildman–Crippen LogP) is 16.1. The summed E-state index contributed by atoms with van der Waals surface area (Å²) < 4.78 is 0. The van der Waals surface area contributed by atoms with Crippen molar-refractivity contribution in [2.75, 3.05) is 10.6 Å². The van der Waals surface area contributed by atoms with Crippen LogP contribution in [0, 0.1) is 13.8 Å². The van der Waals surface area contributed by atoms with Crippen LogP contribution in [0.15, 0.2) is 140 Å². The third-order valence-electron chi connectivity index (χ3n) is 11.4. The number of pyridine rings is 1. The Labute approximate surface area is 376 Å². The van der Waals surface area contributed by atoms with Crippen LogP contribution in [0.5, 0.6) is 0 Å². The Kier molecular flexibility index (Phi) is 13.9. The molecule has 0 amide bonds. The van der Waals surface area contributed by atoms with Gasteiger partial charge in [0.05, 0.1) is 23.5 Å². The summed E-state index contributed by atoms with van der Waals surface area (Å²) in [6.07, 6.45) is 1.92. The average molecular weight is 872 g/mol. The van der Waals surface area contributed by atoms with Gasteiger partial charge in [-0.2, -0.15) is 0 Å². The molecule has 7 aromatic rings. The van der Waals surface area contributed by atoms with Gasteiger partial charge in [0.25, 0.3) is 0 Å². The topological polar surface area (TPSA) is 37.0 Å². The molecule has 2 unspecified atom stereocenters. The number of aryl methyl sites for hydroxylation is 4. The highest BCUT2D eigenvalue weighted by molar-refractivity contribution is 6.31. The highest BCUT2D eigenvalue weighted by Crippen LogP contribution is 2.46. The van der Waals surface area contributed by atoms with E-state index >= 15 is 0 Å². The summed E-state index contributed by atoms with van der Waals surface area (Å²) >= 11 is 26.0. The van der Waals surface area contributed by atoms with Crippen molar-refractivity contribution in [2.24, 2.45) is 0 Å². The Morgan fingerprint density at radius 2 is 0.767 bits per heavy atom. The molecule has 2 atom stereocenters. The maximum atomic E-state index is 6.50. The fraction of sp³-hybridized carbons (Fsp3) is 0.226. The van der Waals surface area contributed by atoms with E-state index in [1.54, 1.807) is 0 Å².